The summed E-state index contributed by atoms with van der Waals surface area (Å²) in [7, 11) is 1.68. The zero-order chi connectivity index (χ0) is 18.4. The van der Waals surface area contributed by atoms with Crippen molar-refractivity contribution in [1.82, 2.24) is 9.55 Å². The summed E-state index contributed by atoms with van der Waals surface area (Å²) in [5.74, 6) is 2.44. The summed E-state index contributed by atoms with van der Waals surface area (Å²) in [5, 5.41) is 3.49. The van der Waals surface area contributed by atoms with Gasteiger partial charge in [0.2, 0.25) is 5.95 Å². The van der Waals surface area contributed by atoms with Crippen LogP contribution in [0.5, 0.6) is 5.75 Å². The van der Waals surface area contributed by atoms with Crippen LogP contribution in [0.15, 0.2) is 60.8 Å². The van der Waals surface area contributed by atoms with E-state index in [9.17, 15) is 0 Å². The summed E-state index contributed by atoms with van der Waals surface area (Å²) >= 11 is 0. The topological polar surface area (TPSA) is 39.1 Å². The fourth-order valence-electron chi connectivity index (χ4n) is 2.89. The van der Waals surface area contributed by atoms with Gasteiger partial charge in [-0.3, -0.25) is 0 Å². The molecule has 0 fully saturated rings. The van der Waals surface area contributed by atoms with Crippen molar-refractivity contribution in [3.05, 3.63) is 66.4 Å². The van der Waals surface area contributed by atoms with Gasteiger partial charge in [-0.1, -0.05) is 56.3 Å². The molecule has 0 aliphatic rings. The number of benzene rings is 2. The molecule has 1 aromatic heterocycles. The van der Waals surface area contributed by atoms with Gasteiger partial charge in [-0.05, 0) is 35.6 Å². The van der Waals surface area contributed by atoms with Crippen molar-refractivity contribution in [2.75, 3.05) is 12.4 Å². The molecule has 0 atom stereocenters. The molecule has 1 N–H and O–H groups in total. The largest absolute Gasteiger partial charge is 0.497 e. The highest BCUT2D eigenvalue weighted by Crippen LogP contribution is 2.24. The highest BCUT2D eigenvalue weighted by atomic mass is 16.5. The molecule has 136 valence electrons. The first-order valence-corrected chi connectivity index (χ1v) is 9.15. The van der Waals surface area contributed by atoms with E-state index in [4.69, 9.17) is 4.74 Å². The smallest absolute Gasteiger partial charge is 0.203 e. The van der Waals surface area contributed by atoms with Crippen molar-refractivity contribution in [3.63, 3.8) is 0 Å². The van der Waals surface area contributed by atoms with Crippen LogP contribution in [-0.2, 0) is 13.1 Å². The van der Waals surface area contributed by atoms with Gasteiger partial charge in [0, 0.05) is 13.1 Å². The van der Waals surface area contributed by atoms with E-state index in [-0.39, 0.29) is 0 Å². The van der Waals surface area contributed by atoms with Crippen LogP contribution in [0.25, 0.3) is 11.3 Å². The van der Waals surface area contributed by atoms with E-state index < -0.39 is 0 Å². The van der Waals surface area contributed by atoms with Gasteiger partial charge in [-0.2, -0.15) is 0 Å². The Balaban J connectivity index is 1.79. The molecule has 0 aliphatic carbocycles. The van der Waals surface area contributed by atoms with Crippen LogP contribution < -0.4 is 10.1 Å². The molecular formula is C22H27N3O. The lowest BCUT2D eigenvalue weighted by atomic mass is 10.1. The number of ether oxygens (including phenoxy) is 1. The van der Waals surface area contributed by atoms with Crippen LogP contribution in [-0.4, -0.2) is 16.7 Å². The van der Waals surface area contributed by atoms with Gasteiger partial charge in [0.15, 0.2) is 0 Å². The van der Waals surface area contributed by atoms with E-state index in [1.54, 1.807) is 7.11 Å². The molecule has 2 aromatic carbocycles. The Morgan fingerprint density at radius 3 is 2.42 bits per heavy atom. The van der Waals surface area contributed by atoms with Crippen LogP contribution in [0.1, 0.15) is 25.8 Å². The minimum atomic E-state index is 0.649. The van der Waals surface area contributed by atoms with Gasteiger partial charge in [0.1, 0.15) is 5.75 Å². The maximum Gasteiger partial charge on any atom is 0.203 e. The number of hydrogen-bond acceptors (Lipinski definition) is 3. The standard InChI is InChI=1S/C22H27N3O/c1-17(2)13-14-25-21(19-7-5-4-6-8-19)16-24-22(25)23-15-18-9-11-20(26-3)12-10-18/h4-12,16-17H,13-15H2,1-3H3,(H,23,24). The van der Waals surface area contributed by atoms with E-state index in [0.29, 0.717) is 5.92 Å². The van der Waals surface area contributed by atoms with Gasteiger partial charge in [0.05, 0.1) is 19.0 Å². The van der Waals surface area contributed by atoms with Crippen LogP contribution in [0.2, 0.25) is 0 Å². The van der Waals surface area contributed by atoms with E-state index >= 15 is 0 Å². The Labute approximate surface area is 155 Å². The van der Waals surface area contributed by atoms with Crippen LogP contribution in [0, 0.1) is 5.92 Å². The zero-order valence-corrected chi connectivity index (χ0v) is 15.8. The number of aromatic nitrogens is 2. The SMILES string of the molecule is COc1ccc(CNc2ncc(-c3ccccc3)n2CCC(C)C)cc1. The molecule has 0 amide bonds. The maximum absolute atomic E-state index is 5.22. The van der Waals surface area contributed by atoms with E-state index in [0.717, 1.165) is 36.9 Å². The lowest BCUT2D eigenvalue weighted by Crippen LogP contribution is -2.10. The summed E-state index contributed by atoms with van der Waals surface area (Å²) in [6.07, 6.45) is 3.08. The molecular weight excluding hydrogens is 322 g/mol. The molecule has 4 heteroatoms. The van der Waals surface area contributed by atoms with Crippen molar-refractivity contribution in [2.45, 2.75) is 33.4 Å². The van der Waals surface area contributed by atoms with Crippen LogP contribution >= 0.6 is 0 Å². The van der Waals surface area contributed by atoms with E-state index in [1.807, 2.05) is 24.4 Å². The molecule has 1 heterocycles. The van der Waals surface area contributed by atoms with Crippen molar-refractivity contribution in [2.24, 2.45) is 5.92 Å². The summed E-state index contributed by atoms with van der Waals surface area (Å²) in [4.78, 5) is 4.65. The fraction of sp³-hybridized carbons (Fsp3) is 0.318. The summed E-state index contributed by atoms with van der Waals surface area (Å²) in [6, 6.07) is 18.6. The third-order valence-corrected chi connectivity index (χ3v) is 4.46. The Hall–Kier alpha value is -2.75. The number of imidazole rings is 1. The highest BCUT2D eigenvalue weighted by molar-refractivity contribution is 5.61. The average Bonchev–Trinajstić information content (AvgIpc) is 3.08. The molecule has 0 radical (unpaired) electrons. The Kier molecular flexibility index (Phi) is 5.95. The molecule has 0 saturated carbocycles. The average molecular weight is 349 g/mol. The van der Waals surface area contributed by atoms with Gasteiger partial charge in [0.25, 0.3) is 0 Å². The lowest BCUT2D eigenvalue weighted by Gasteiger charge is -2.15. The first-order valence-electron chi connectivity index (χ1n) is 9.15. The summed E-state index contributed by atoms with van der Waals surface area (Å²) < 4.78 is 7.51. The molecule has 0 bridgehead atoms. The first kappa shape index (κ1) is 18.1. The minimum absolute atomic E-state index is 0.649. The second-order valence-corrected chi connectivity index (χ2v) is 6.87. The van der Waals surface area contributed by atoms with Gasteiger partial charge >= 0.3 is 0 Å². The monoisotopic (exact) mass is 349 g/mol. The van der Waals surface area contributed by atoms with Crippen molar-refractivity contribution >= 4 is 5.95 Å². The molecule has 3 aromatic rings. The number of rotatable bonds is 8. The minimum Gasteiger partial charge on any atom is -0.497 e. The molecule has 0 spiro atoms. The normalized spacial score (nSPS) is 10.9. The highest BCUT2D eigenvalue weighted by Gasteiger charge is 2.12. The number of nitrogens with zero attached hydrogens (tertiary/aromatic N) is 2. The molecule has 0 saturated heterocycles. The van der Waals surface area contributed by atoms with E-state index in [2.05, 4.69) is 65.1 Å². The maximum atomic E-state index is 5.22. The number of methoxy groups -OCH3 is 1. The number of hydrogen-bond donors (Lipinski definition) is 1. The molecule has 0 unspecified atom stereocenters. The van der Waals surface area contributed by atoms with Crippen molar-refractivity contribution < 1.29 is 4.74 Å². The molecule has 3 rings (SSSR count). The molecule has 0 aliphatic heterocycles. The fourth-order valence-corrected chi connectivity index (χ4v) is 2.89. The number of anilines is 1. The predicted octanol–water partition coefficient (Wildman–Crippen LogP) is 5.22. The summed E-state index contributed by atoms with van der Waals surface area (Å²) in [6.45, 7) is 6.19. The molecule has 4 nitrogen and oxygen atoms in total. The van der Waals surface area contributed by atoms with Crippen LogP contribution in [0.4, 0.5) is 5.95 Å². The van der Waals surface area contributed by atoms with Crippen LogP contribution in [0.3, 0.4) is 0 Å². The first-order chi connectivity index (χ1) is 12.7. The second kappa shape index (κ2) is 8.56. The lowest BCUT2D eigenvalue weighted by molar-refractivity contribution is 0.414. The van der Waals surface area contributed by atoms with Crippen molar-refractivity contribution in [3.8, 4) is 17.0 Å². The summed E-state index contributed by atoms with van der Waals surface area (Å²) in [5.41, 5.74) is 3.55. The third kappa shape index (κ3) is 4.45. The Bertz CT molecular complexity index is 807. The second-order valence-electron chi connectivity index (χ2n) is 6.87. The third-order valence-electron chi connectivity index (χ3n) is 4.46. The van der Waals surface area contributed by atoms with Gasteiger partial charge in [-0.15, -0.1) is 0 Å². The Morgan fingerprint density at radius 2 is 1.77 bits per heavy atom. The van der Waals surface area contributed by atoms with Crippen molar-refractivity contribution in [1.29, 1.82) is 0 Å². The number of nitrogens with one attached hydrogen (secondary N) is 1. The predicted molar refractivity (Wildman–Crippen MR) is 107 cm³/mol. The van der Waals surface area contributed by atoms with Gasteiger partial charge in [-0.25, -0.2) is 4.98 Å². The Morgan fingerprint density at radius 1 is 1.04 bits per heavy atom. The van der Waals surface area contributed by atoms with E-state index in [1.165, 1.54) is 11.1 Å². The molecule has 26 heavy (non-hydrogen) atoms. The quantitative estimate of drug-likeness (QED) is 0.606. The zero-order valence-electron chi connectivity index (χ0n) is 15.8. The van der Waals surface area contributed by atoms with Gasteiger partial charge < -0.3 is 14.6 Å².